The number of allylic oxidation sites excluding steroid dienone is 5. The number of nitrogens with one attached hydrogen (secondary N) is 1. The van der Waals surface area contributed by atoms with E-state index in [0.717, 1.165) is 6.42 Å². The molecule has 0 saturated carbocycles. The van der Waals surface area contributed by atoms with Crippen LogP contribution in [0.1, 0.15) is 33.1 Å². The predicted octanol–water partition coefficient (Wildman–Crippen LogP) is 3.10. The fourth-order valence-corrected chi connectivity index (χ4v) is 2.65. The highest BCUT2D eigenvalue weighted by Gasteiger charge is 2.18. The minimum Gasteiger partial charge on any atom is -0.382 e. The van der Waals surface area contributed by atoms with Crippen LogP contribution in [0.2, 0.25) is 0 Å². The van der Waals surface area contributed by atoms with Gasteiger partial charge in [-0.05, 0) is 57.0 Å². The van der Waals surface area contributed by atoms with Crippen molar-refractivity contribution >= 4 is 0 Å². The lowest BCUT2D eigenvalue weighted by Crippen LogP contribution is -2.40. The highest BCUT2D eigenvalue weighted by Crippen LogP contribution is 2.21. The Labute approximate surface area is 111 Å². The van der Waals surface area contributed by atoms with E-state index < -0.39 is 0 Å². The zero-order valence-corrected chi connectivity index (χ0v) is 11.9. The first-order chi connectivity index (χ1) is 8.66. The molecule has 100 valence electrons. The van der Waals surface area contributed by atoms with Crippen LogP contribution in [0.3, 0.4) is 0 Å². The molecule has 18 heavy (non-hydrogen) atoms. The lowest BCUT2D eigenvalue weighted by atomic mass is 9.99. The maximum Gasteiger partial charge on any atom is 0.0374 e. The van der Waals surface area contributed by atoms with E-state index in [1.54, 1.807) is 0 Å². The lowest BCUT2D eigenvalue weighted by Gasteiger charge is -2.31. The first kappa shape index (κ1) is 13.4. The Hall–Kier alpha value is -1.02. The van der Waals surface area contributed by atoms with Crippen molar-refractivity contribution in [3.05, 3.63) is 35.6 Å². The van der Waals surface area contributed by atoms with Crippen LogP contribution in [-0.4, -0.2) is 31.1 Å². The zero-order chi connectivity index (χ0) is 13.0. The van der Waals surface area contributed by atoms with E-state index in [9.17, 15) is 0 Å². The Bertz CT molecular complexity index is 355. The van der Waals surface area contributed by atoms with Crippen LogP contribution in [0.15, 0.2) is 35.6 Å². The fourth-order valence-electron chi connectivity index (χ4n) is 2.65. The Morgan fingerprint density at radius 1 is 1.17 bits per heavy atom. The van der Waals surface area contributed by atoms with Crippen LogP contribution in [0, 0.1) is 5.92 Å². The molecule has 0 bridgehead atoms. The summed E-state index contributed by atoms with van der Waals surface area (Å²) in [5.74, 6) is 0.581. The van der Waals surface area contributed by atoms with E-state index in [1.165, 1.54) is 37.2 Å². The molecule has 0 aromatic heterocycles. The second-order valence-electron chi connectivity index (χ2n) is 5.79. The molecule has 1 heterocycles. The van der Waals surface area contributed by atoms with Gasteiger partial charge in [0.15, 0.2) is 0 Å². The van der Waals surface area contributed by atoms with Crippen LogP contribution in [0.4, 0.5) is 0 Å². The second-order valence-corrected chi connectivity index (χ2v) is 5.79. The summed E-state index contributed by atoms with van der Waals surface area (Å²) < 4.78 is 0. The molecule has 0 amide bonds. The van der Waals surface area contributed by atoms with Crippen molar-refractivity contribution in [2.75, 3.05) is 20.1 Å². The van der Waals surface area contributed by atoms with Gasteiger partial charge >= 0.3 is 0 Å². The summed E-state index contributed by atoms with van der Waals surface area (Å²) >= 11 is 0. The number of piperidine rings is 1. The third-order valence-corrected chi connectivity index (χ3v) is 3.87. The normalized spacial score (nSPS) is 22.7. The highest BCUT2D eigenvalue weighted by molar-refractivity contribution is 5.36. The molecule has 0 atom stereocenters. The van der Waals surface area contributed by atoms with Gasteiger partial charge in [0.1, 0.15) is 0 Å². The average Bonchev–Trinajstić information content (AvgIpc) is 2.57. The quantitative estimate of drug-likeness (QED) is 0.823. The van der Waals surface area contributed by atoms with Crippen molar-refractivity contribution in [3.8, 4) is 0 Å². The molecule has 0 aromatic carbocycles. The molecule has 1 aliphatic carbocycles. The molecule has 2 nitrogen and oxygen atoms in total. The van der Waals surface area contributed by atoms with Crippen molar-refractivity contribution in [2.45, 2.75) is 39.2 Å². The van der Waals surface area contributed by atoms with Crippen molar-refractivity contribution in [2.24, 2.45) is 5.92 Å². The van der Waals surface area contributed by atoms with Gasteiger partial charge in [-0.3, -0.25) is 0 Å². The van der Waals surface area contributed by atoms with Gasteiger partial charge in [0.05, 0.1) is 0 Å². The second kappa shape index (κ2) is 6.24. The summed E-state index contributed by atoms with van der Waals surface area (Å²) in [6, 6.07) is 0.640. The number of rotatable bonds is 3. The molecule has 2 heteroatoms. The lowest BCUT2D eigenvalue weighted by molar-refractivity contribution is 0.242. The van der Waals surface area contributed by atoms with Gasteiger partial charge in [-0.25, -0.2) is 0 Å². The van der Waals surface area contributed by atoms with Crippen molar-refractivity contribution in [1.29, 1.82) is 0 Å². The van der Waals surface area contributed by atoms with Gasteiger partial charge in [-0.15, -0.1) is 0 Å². The van der Waals surface area contributed by atoms with E-state index in [2.05, 4.69) is 55.4 Å². The van der Waals surface area contributed by atoms with Gasteiger partial charge in [0, 0.05) is 11.7 Å². The van der Waals surface area contributed by atoms with Crippen molar-refractivity contribution < 1.29 is 0 Å². The first-order valence-corrected chi connectivity index (χ1v) is 7.19. The van der Waals surface area contributed by atoms with Gasteiger partial charge in [0.25, 0.3) is 0 Å². The SMILES string of the molecule is CC(C)C1=C(NC2CCN(C)CC2)C=CCC=C1. The highest BCUT2D eigenvalue weighted by atomic mass is 15.1. The maximum absolute atomic E-state index is 3.76. The van der Waals surface area contributed by atoms with E-state index in [0.29, 0.717) is 12.0 Å². The minimum atomic E-state index is 0.581. The van der Waals surface area contributed by atoms with Crippen LogP contribution in [0.25, 0.3) is 0 Å². The number of likely N-dealkylation sites (tertiary alicyclic amines) is 1. The maximum atomic E-state index is 3.76. The average molecular weight is 246 g/mol. The van der Waals surface area contributed by atoms with E-state index >= 15 is 0 Å². The predicted molar refractivity (Wildman–Crippen MR) is 78.4 cm³/mol. The third kappa shape index (κ3) is 3.49. The summed E-state index contributed by atoms with van der Waals surface area (Å²) in [5, 5.41) is 3.76. The molecule has 2 rings (SSSR count). The van der Waals surface area contributed by atoms with Gasteiger partial charge in [-0.2, -0.15) is 0 Å². The van der Waals surface area contributed by atoms with Crippen molar-refractivity contribution in [3.63, 3.8) is 0 Å². The number of hydrogen-bond donors (Lipinski definition) is 1. The Kier molecular flexibility index (Phi) is 4.65. The molecule has 0 aromatic rings. The van der Waals surface area contributed by atoms with Gasteiger partial charge in [0.2, 0.25) is 0 Å². The summed E-state index contributed by atoms with van der Waals surface area (Å²) in [7, 11) is 2.21. The molecular formula is C16H26N2. The van der Waals surface area contributed by atoms with Crippen LogP contribution < -0.4 is 5.32 Å². The minimum absolute atomic E-state index is 0.581. The topological polar surface area (TPSA) is 15.3 Å². The Morgan fingerprint density at radius 2 is 1.83 bits per heavy atom. The molecule has 1 aliphatic heterocycles. The molecule has 0 radical (unpaired) electrons. The van der Waals surface area contributed by atoms with Crippen LogP contribution in [0.5, 0.6) is 0 Å². The molecule has 1 saturated heterocycles. The van der Waals surface area contributed by atoms with Crippen LogP contribution >= 0.6 is 0 Å². The van der Waals surface area contributed by atoms with Crippen LogP contribution in [-0.2, 0) is 0 Å². The van der Waals surface area contributed by atoms with E-state index in [-0.39, 0.29) is 0 Å². The molecule has 0 unspecified atom stereocenters. The van der Waals surface area contributed by atoms with Gasteiger partial charge < -0.3 is 10.2 Å². The number of hydrogen-bond acceptors (Lipinski definition) is 2. The summed E-state index contributed by atoms with van der Waals surface area (Å²) in [6.45, 7) is 6.97. The number of nitrogens with zero attached hydrogens (tertiary/aromatic N) is 1. The monoisotopic (exact) mass is 246 g/mol. The molecular weight excluding hydrogens is 220 g/mol. The zero-order valence-electron chi connectivity index (χ0n) is 11.9. The smallest absolute Gasteiger partial charge is 0.0374 e. The Balaban J connectivity index is 2.07. The summed E-state index contributed by atoms with van der Waals surface area (Å²) in [6.07, 6.45) is 12.6. The largest absolute Gasteiger partial charge is 0.382 e. The standard InChI is InChI=1S/C16H26N2/c1-13(2)15-7-5-4-6-8-16(15)17-14-9-11-18(3)12-10-14/h5-8,13-14,17H,4,9-12H2,1-3H3. The summed E-state index contributed by atoms with van der Waals surface area (Å²) in [4.78, 5) is 2.42. The molecule has 2 aliphatic rings. The van der Waals surface area contributed by atoms with E-state index in [4.69, 9.17) is 0 Å². The molecule has 1 fully saturated rings. The van der Waals surface area contributed by atoms with Gasteiger partial charge in [-0.1, -0.05) is 32.1 Å². The fraction of sp³-hybridized carbons (Fsp3) is 0.625. The van der Waals surface area contributed by atoms with Crippen molar-refractivity contribution in [1.82, 2.24) is 10.2 Å². The molecule has 0 spiro atoms. The molecule has 1 N–H and O–H groups in total. The Morgan fingerprint density at radius 3 is 2.50 bits per heavy atom. The van der Waals surface area contributed by atoms with E-state index in [1.807, 2.05) is 0 Å². The summed E-state index contributed by atoms with van der Waals surface area (Å²) in [5.41, 5.74) is 2.79. The first-order valence-electron chi connectivity index (χ1n) is 7.19. The third-order valence-electron chi connectivity index (χ3n) is 3.87.